The second-order valence-electron chi connectivity index (χ2n) is 23.6. The Morgan fingerprint density at radius 3 is 0.583 bits per heavy atom. The van der Waals surface area contributed by atoms with Crippen molar-refractivity contribution in [3.63, 3.8) is 0 Å². The summed E-state index contributed by atoms with van der Waals surface area (Å²) in [6.07, 6.45) is -68.3. The van der Waals surface area contributed by atoms with Crippen molar-refractivity contribution in [1.29, 1.82) is 0 Å². The minimum absolute atomic E-state index is 0. The number of hydrogen-bond donors (Lipinski definition) is 2. The van der Waals surface area contributed by atoms with Crippen LogP contribution < -0.4 is 30.6 Å². The molecule has 0 atom stereocenters. The Morgan fingerprint density at radius 1 is 0.300 bits per heavy atom. The van der Waals surface area contributed by atoms with Crippen LogP contribution in [0.25, 0.3) is 21.8 Å². The molecule has 24 nitrogen and oxygen atoms in total. The number of nitrogens with one attached hydrogen (secondary N) is 2. The third-order valence-corrected chi connectivity index (χ3v) is 14.1. The van der Waals surface area contributed by atoms with Crippen molar-refractivity contribution in [3.05, 3.63) is 151 Å². The van der Waals surface area contributed by atoms with Gasteiger partial charge in [-0.25, -0.2) is 0 Å². The summed E-state index contributed by atoms with van der Waals surface area (Å²) in [5.74, 6) is -33.6. The molecule has 4 heterocycles. The quantitative estimate of drug-likeness (QED) is 0.0544. The zero-order chi connectivity index (χ0) is 94.6. The van der Waals surface area contributed by atoms with Gasteiger partial charge in [0.25, 0.3) is 45.8 Å². The maximum absolute atomic E-state index is 12.5. The van der Waals surface area contributed by atoms with Crippen LogP contribution in [0.15, 0.2) is 120 Å². The first-order chi connectivity index (χ1) is 51.8. The molecule has 62 heteroatoms. The summed E-state index contributed by atoms with van der Waals surface area (Å²) >= 11 is 0. The fourth-order valence-electron chi connectivity index (χ4n) is 6.55. The Labute approximate surface area is 703 Å². The summed E-state index contributed by atoms with van der Waals surface area (Å²) in [4.78, 5) is 84.0. The molecule has 0 radical (unpaired) electrons. The maximum Gasteiger partial charge on any atom is 2.00 e. The van der Waals surface area contributed by atoms with Crippen molar-refractivity contribution in [2.75, 3.05) is 0 Å². The molecular weight excluding hydrogens is 2060 g/mol. The van der Waals surface area contributed by atoms with Crippen LogP contribution in [0.3, 0.4) is 0 Å². The number of fused-ring (bicyclic) bond motifs is 2. The number of amidine groups is 2. The minimum Gasteiger partial charge on any atom is -0.869 e. The Balaban J connectivity index is -0.000000645. The number of rotatable bonds is 8. The van der Waals surface area contributed by atoms with Crippen LogP contribution in [-0.2, 0) is 28.8 Å². The van der Waals surface area contributed by atoms with Crippen molar-refractivity contribution in [2.24, 2.45) is 0 Å². The number of nitrogens with zero attached hydrogens (tertiary/aromatic N) is 6. The Morgan fingerprint density at radius 2 is 0.458 bits per heavy atom. The third kappa shape index (κ3) is 34.8. The van der Waals surface area contributed by atoms with Gasteiger partial charge in [-0.15, -0.1) is 9.48 Å². The Hall–Kier alpha value is -9.09. The number of aromatic amines is 2. The molecule has 0 saturated carbocycles. The molecule has 2 N–H and O–H groups in total. The van der Waals surface area contributed by atoms with E-state index in [0.29, 0.717) is 11.1 Å². The predicted molar refractivity (Wildman–Crippen MR) is 302 cm³/mol. The van der Waals surface area contributed by atoms with E-state index in [4.69, 9.17) is 0 Å². The first kappa shape index (κ1) is 117. The van der Waals surface area contributed by atoms with E-state index < -0.39 is 202 Å². The van der Waals surface area contributed by atoms with E-state index in [2.05, 4.69) is 20.4 Å². The first-order valence-electron chi connectivity index (χ1n) is 28.8. The molecular formula is C58H40F36Gd2N8O16. The molecule has 0 bridgehead atoms. The number of allylic oxidation sites excluding steroid dienone is 12. The van der Waals surface area contributed by atoms with Crippen LogP contribution >= 0.6 is 0 Å². The smallest absolute Gasteiger partial charge is 0.869 e. The van der Waals surface area contributed by atoms with Crippen molar-refractivity contribution >= 4 is 68.2 Å². The summed E-state index contributed by atoms with van der Waals surface area (Å²) < 4.78 is 410. The van der Waals surface area contributed by atoms with Crippen molar-refractivity contribution in [3.8, 4) is 0 Å². The van der Waals surface area contributed by atoms with Crippen LogP contribution in [-0.4, -0.2) is 182 Å². The molecule has 6 rings (SSSR count). The Bertz CT molecular complexity index is 4070. The number of H-pyrrole nitrogens is 2. The summed E-state index contributed by atoms with van der Waals surface area (Å²) in [6, 6.07) is 10.8. The van der Waals surface area contributed by atoms with Gasteiger partial charge >= 0.3 is 166 Å². The second kappa shape index (κ2) is 41.7. The first-order valence-corrected chi connectivity index (χ1v) is 28.8. The number of hydrogen-bond acceptors (Lipinski definition) is 18. The van der Waals surface area contributed by atoms with Crippen molar-refractivity contribution in [1.82, 2.24) is 20.4 Å². The zero-order valence-corrected chi connectivity index (χ0v) is 63.1. The number of ketones is 6. The van der Waals surface area contributed by atoms with Crippen LogP contribution in [0.4, 0.5) is 158 Å². The van der Waals surface area contributed by atoms with Crippen molar-refractivity contribution < 1.29 is 316 Å². The molecule has 0 aliphatic carbocycles. The van der Waals surface area contributed by atoms with Crippen LogP contribution in [0, 0.1) is 100 Å². The van der Waals surface area contributed by atoms with E-state index in [1.807, 2.05) is 12.1 Å². The predicted octanol–water partition coefficient (Wildman–Crippen LogP) is 9.88. The fraction of sp³-hybridized carbons (Fsp3) is 0.414. The van der Waals surface area contributed by atoms with Crippen molar-refractivity contribution in [2.45, 2.75) is 152 Å². The number of carbonyl (C=O) groups excluding carboxylic acids is 6. The van der Waals surface area contributed by atoms with E-state index >= 15 is 0 Å². The third-order valence-electron chi connectivity index (χ3n) is 14.1. The second-order valence-corrected chi connectivity index (χ2v) is 23.6. The zero-order valence-electron chi connectivity index (χ0n) is 58.6. The summed E-state index contributed by atoms with van der Waals surface area (Å²) in [7, 11) is 0. The van der Waals surface area contributed by atoms with Gasteiger partial charge in [-0.2, -0.15) is 168 Å². The molecule has 0 amide bonds. The molecule has 0 saturated heterocycles. The van der Waals surface area contributed by atoms with E-state index in [1.165, 1.54) is 0 Å². The van der Waals surface area contributed by atoms with E-state index in [-0.39, 0.29) is 91.6 Å². The standard InChI is InChI=1S/2C14H17N4O2.6C5H2F6O2.2Gd/c2*1-13(2)14(3,4)18(20)12(17(13)19)9-5-6-11-10(7-9)8-15-16-11;6*6-4(7,8)2(12)1-3(13)5(9,10)11;;/h2*5-8H,1-4H3,(H,15,16);6*1,12H;;/q2*+1;;;;;;;2*+2/p-6/b;;6*2-1-;;. The van der Waals surface area contributed by atoms with Gasteiger partial charge in [-0.05, 0) is 107 Å². The topological polar surface area (TPSA) is 390 Å². The summed E-state index contributed by atoms with van der Waals surface area (Å²) in [5.41, 5.74) is -0.206. The van der Waals surface area contributed by atoms with Gasteiger partial charge in [0, 0.05) is 76.0 Å². The molecule has 2 aliphatic rings. The Kier molecular flexibility index (Phi) is 40.7. The molecule has 0 spiro atoms. The maximum atomic E-state index is 12.5. The van der Waals surface area contributed by atoms with E-state index in [0.717, 1.165) is 40.8 Å². The minimum atomic E-state index is -5.46. The summed E-state index contributed by atoms with van der Waals surface area (Å²) in [5, 5.41) is 99.3. The molecule has 0 unspecified atom stereocenters. The SMILES string of the molecule is CC1(C)[N+](=O)C(c2ccc3[nH]ncc3c2)=[N+]([O-])C1(C)C.CC1(C)[N+](=O)C(c2ccc3[nH]ncc3c2)=[N+]([O-])C1(C)C.O=C(/C=C(\[O-])C(F)(F)F)C(F)(F)F.O=C(/C=C(\[O-])C(F)(F)F)C(F)(F)F.O=C(/C=C(\[O-])C(F)(F)F)C(F)(F)F.O=C(/C=C(\[O-])C(F)(F)F)C(F)(F)F.O=C(/C=C(\[O-])C(F)(F)F)C(F)(F)F.O=C(/C=C(\[O-])C(F)(F)F)C(F)(F)F.[Gd+2].[Gd+2]. The summed E-state index contributed by atoms with van der Waals surface area (Å²) in [6.45, 7) is 14.3. The number of alkyl halides is 36. The molecule has 4 aromatic rings. The van der Waals surface area contributed by atoms with Crippen LogP contribution in [0.2, 0.25) is 0 Å². The van der Waals surface area contributed by atoms with Gasteiger partial charge in [-0.3, -0.25) is 39.0 Å². The molecule has 676 valence electrons. The number of hydroxylamine groups is 2. The van der Waals surface area contributed by atoms with E-state index in [9.17, 15) is 238 Å². The molecule has 2 aromatic heterocycles. The molecule has 120 heavy (non-hydrogen) atoms. The molecule has 0 fully saturated rings. The van der Waals surface area contributed by atoms with Gasteiger partial charge in [0.1, 0.15) is 20.6 Å². The monoisotopic (exact) mass is 2100 g/mol. The van der Waals surface area contributed by atoms with Gasteiger partial charge in [0.2, 0.25) is 11.1 Å². The van der Waals surface area contributed by atoms with Gasteiger partial charge < -0.3 is 41.1 Å². The van der Waals surface area contributed by atoms with Gasteiger partial charge in [0.15, 0.2) is 0 Å². The number of nitroso groups, excluding NO2 is 2. The normalized spacial score (nSPS) is 16.4. The number of benzene rings is 2. The van der Waals surface area contributed by atoms with Crippen LogP contribution in [0.5, 0.6) is 0 Å². The fourth-order valence-corrected chi connectivity index (χ4v) is 6.55. The number of halogens is 36. The van der Waals surface area contributed by atoms with Crippen LogP contribution in [0.1, 0.15) is 66.5 Å². The van der Waals surface area contributed by atoms with Gasteiger partial charge in [0.05, 0.1) is 23.4 Å². The molecule has 2 aliphatic heterocycles. The number of aromatic nitrogens is 4. The average Bonchev–Trinajstić information content (AvgIpc) is 1.58. The number of carbonyl (C=O) groups is 6. The largest absolute Gasteiger partial charge is 2.00 e. The van der Waals surface area contributed by atoms with E-state index in [1.54, 1.807) is 92.0 Å². The average molecular weight is 2100 g/mol. The van der Waals surface area contributed by atoms with Gasteiger partial charge in [-0.1, -0.05) is 0 Å². The molecule has 2 aromatic carbocycles.